The van der Waals surface area contributed by atoms with Crippen molar-refractivity contribution in [1.29, 1.82) is 0 Å². The first-order valence-electron chi connectivity index (χ1n) is 7.66. The minimum absolute atomic E-state index is 0.160. The van der Waals surface area contributed by atoms with Crippen molar-refractivity contribution in [3.8, 4) is 0 Å². The monoisotopic (exact) mass is 308 g/mol. The predicted molar refractivity (Wildman–Crippen MR) is 87.9 cm³/mol. The Kier molecular flexibility index (Phi) is 7.91. The lowest BCUT2D eigenvalue weighted by Gasteiger charge is -2.20. The molecule has 1 amide bonds. The number of hydrogen-bond donors (Lipinski definition) is 2. The zero-order valence-electron chi connectivity index (χ0n) is 14.0. The normalized spacial score (nSPS) is 12.7. The highest BCUT2D eigenvalue weighted by atomic mass is 16.6. The average molecular weight is 308 g/mol. The third-order valence-corrected chi connectivity index (χ3v) is 2.95. The molecule has 0 bridgehead atoms. The van der Waals surface area contributed by atoms with E-state index in [0.717, 1.165) is 13.0 Å². The van der Waals surface area contributed by atoms with Gasteiger partial charge in [0.2, 0.25) is 0 Å². The first kappa shape index (κ1) is 18.5. The first-order valence-corrected chi connectivity index (χ1v) is 7.66. The minimum Gasteiger partial charge on any atom is -0.444 e. The van der Waals surface area contributed by atoms with Gasteiger partial charge in [-0.05, 0) is 39.3 Å². The highest BCUT2D eigenvalue weighted by Crippen LogP contribution is 2.12. The second-order valence-electron chi connectivity index (χ2n) is 6.15. The van der Waals surface area contributed by atoms with E-state index in [-0.39, 0.29) is 12.1 Å². The number of rotatable bonds is 8. The molecule has 0 saturated carbocycles. The van der Waals surface area contributed by atoms with Crippen molar-refractivity contribution in [2.45, 2.75) is 38.8 Å². The van der Waals surface area contributed by atoms with E-state index in [9.17, 15) is 4.79 Å². The van der Waals surface area contributed by atoms with Gasteiger partial charge in [-0.1, -0.05) is 30.3 Å². The van der Waals surface area contributed by atoms with Crippen LogP contribution in [0.15, 0.2) is 30.3 Å². The highest BCUT2D eigenvalue weighted by molar-refractivity contribution is 5.67. The van der Waals surface area contributed by atoms with Gasteiger partial charge in [0.15, 0.2) is 0 Å². The molecule has 0 aromatic heterocycles. The van der Waals surface area contributed by atoms with Gasteiger partial charge in [-0.25, -0.2) is 4.79 Å². The summed E-state index contributed by atoms with van der Waals surface area (Å²) in [5.74, 6) is 0. The van der Waals surface area contributed by atoms with Gasteiger partial charge in [0.05, 0.1) is 12.6 Å². The van der Waals surface area contributed by atoms with Gasteiger partial charge in [-0.15, -0.1) is 0 Å². The highest BCUT2D eigenvalue weighted by Gasteiger charge is 2.15. The second-order valence-corrected chi connectivity index (χ2v) is 6.15. The Balaban J connectivity index is 2.25. The molecule has 2 N–H and O–H groups in total. The molecule has 5 nitrogen and oxygen atoms in total. The Morgan fingerprint density at radius 1 is 1.18 bits per heavy atom. The van der Waals surface area contributed by atoms with Crippen LogP contribution in [0.25, 0.3) is 0 Å². The molecule has 1 aromatic carbocycles. The fourth-order valence-electron chi connectivity index (χ4n) is 1.99. The quantitative estimate of drug-likeness (QED) is 0.725. The second kappa shape index (κ2) is 9.43. The third kappa shape index (κ3) is 8.00. The van der Waals surface area contributed by atoms with E-state index in [4.69, 9.17) is 9.47 Å². The van der Waals surface area contributed by atoms with Crippen LogP contribution >= 0.6 is 0 Å². The first-order chi connectivity index (χ1) is 10.4. The molecule has 0 heterocycles. The van der Waals surface area contributed by atoms with Crippen LogP contribution in [0.3, 0.4) is 0 Å². The van der Waals surface area contributed by atoms with E-state index in [2.05, 4.69) is 22.8 Å². The maximum atomic E-state index is 11.5. The van der Waals surface area contributed by atoms with Crippen LogP contribution in [0.2, 0.25) is 0 Å². The van der Waals surface area contributed by atoms with Gasteiger partial charge in [-0.3, -0.25) is 0 Å². The maximum Gasteiger partial charge on any atom is 0.407 e. The topological polar surface area (TPSA) is 59.6 Å². The lowest BCUT2D eigenvalue weighted by Crippen LogP contribution is -2.34. The van der Waals surface area contributed by atoms with Crippen molar-refractivity contribution in [1.82, 2.24) is 10.6 Å². The van der Waals surface area contributed by atoms with Crippen LogP contribution in [0.5, 0.6) is 0 Å². The Hall–Kier alpha value is -1.59. The summed E-state index contributed by atoms with van der Waals surface area (Å²) >= 11 is 0. The fourth-order valence-corrected chi connectivity index (χ4v) is 1.99. The zero-order valence-corrected chi connectivity index (χ0v) is 14.0. The standard InChI is InChI=1S/C17H28N2O3/c1-17(2,3)22-16(20)19-12-8-11-18-15(13-21-4)14-9-6-5-7-10-14/h5-7,9-10,15,18H,8,11-13H2,1-4H3,(H,19,20). The Morgan fingerprint density at radius 3 is 2.45 bits per heavy atom. The molecule has 1 unspecified atom stereocenters. The van der Waals surface area contributed by atoms with Crippen molar-refractivity contribution in [3.63, 3.8) is 0 Å². The summed E-state index contributed by atoms with van der Waals surface area (Å²) in [6.45, 7) is 7.54. The predicted octanol–water partition coefficient (Wildman–Crippen LogP) is 2.88. The average Bonchev–Trinajstić information content (AvgIpc) is 2.45. The van der Waals surface area contributed by atoms with Crippen LogP contribution in [-0.2, 0) is 9.47 Å². The van der Waals surface area contributed by atoms with E-state index in [0.29, 0.717) is 13.2 Å². The molecular weight excluding hydrogens is 280 g/mol. The SMILES string of the molecule is COCC(NCCCNC(=O)OC(C)(C)C)c1ccccc1. The number of ether oxygens (including phenoxy) is 2. The molecule has 0 saturated heterocycles. The fraction of sp³-hybridized carbons (Fsp3) is 0.588. The molecule has 1 aromatic rings. The number of hydrogen-bond acceptors (Lipinski definition) is 4. The molecule has 0 spiro atoms. The summed E-state index contributed by atoms with van der Waals surface area (Å²) in [6, 6.07) is 10.4. The van der Waals surface area contributed by atoms with Crippen molar-refractivity contribution in [3.05, 3.63) is 35.9 Å². The van der Waals surface area contributed by atoms with Crippen molar-refractivity contribution in [2.75, 3.05) is 26.8 Å². The summed E-state index contributed by atoms with van der Waals surface area (Å²) in [7, 11) is 1.70. The zero-order chi connectivity index (χ0) is 16.4. The van der Waals surface area contributed by atoms with Crippen LogP contribution in [0.1, 0.15) is 38.8 Å². The summed E-state index contributed by atoms with van der Waals surface area (Å²) in [5.41, 5.74) is 0.739. The van der Waals surface area contributed by atoms with E-state index >= 15 is 0 Å². The molecule has 0 aliphatic carbocycles. The summed E-state index contributed by atoms with van der Waals surface area (Å²) < 4.78 is 10.4. The number of benzene rings is 1. The third-order valence-electron chi connectivity index (χ3n) is 2.95. The van der Waals surface area contributed by atoms with E-state index in [1.54, 1.807) is 7.11 Å². The molecule has 0 fully saturated rings. The van der Waals surface area contributed by atoms with Gasteiger partial charge < -0.3 is 20.1 Å². The van der Waals surface area contributed by atoms with Gasteiger partial charge in [0, 0.05) is 13.7 Å². The summed E-state index contributed by atoms with van der Waals surface area (Å²) in [5, 5.41) is 6.19. The van der Waals surface area contributed by atoms with Crippen LogP contribution < -0.4 is 10.6 Å². The summed E-state index contributed by atoms with van der Waals surface area (Å²) in [6.07, 6.45) is 0.454. The van der Waals surface area contributed by atoms with Crippen LogP contribution in [0.4, 0.5) is 4.79 Å². The molecule has 22 heavy (non-hydrogen) atoms. The van der Waals surface area contributed by atoms with E-state index in [1.165, 1.54) is 5.56 Å². The van der Waals surface area contributed by atoms with E-state index < -0.39 is 5.60 Å². The van der Waals surface area contributed by atoms with Crippen molar-refractivity contribution < 1.29 is 14.3 Å². The minimum atomic E-state index is -0.459. The lowest BCUT2D eigenvalue weighted by molar-refractivity contribution is 0.0527. The summed E-state index contributed by atoms with van der Waals surface area (Å²) in [4.78, 5) is 11.5. The molecule has 1 rings (SSSR count). The largest absolute Gasteiger partial charge is 0.444 e. The Bertz CT molecular complexity index is 429. The van der Waals surface area contributed by atoms with Gasteiger partial charge in [0.1, 0.15) is 5.60 Å². The number of alkyl carbamates (subject to hydrolysis) is 1. The van der Waals surface area contributed by atoms with Crippen LogP contribution in [0, 0.1) is 0 Å². The van der Waals surface area contributed by atoms with Gasteiger partial charge >= 0.3 is 6.09 Å². The van der Waals surface area contributed by atoms with Crippen LogP contribution in [-0.4, -0.2) is 38.5 Å². The van der Waals surface area contributed by atoms with Gasteiger partial charge in [0.25, 0.3) is 0 Å². The molecule has 1 atom stereocenters. The molecule has 124 valence electrons. The molecule has 0 aliphatic rings. The van der Waals surface area contributed by atoms with Gasteiger partial charge in [-0.2, -0.15) is 0 Å². The number of methoxy groups -OCH3 is 1. The number of nitrogens with one attached hydrogen (secondary N) is 2. The molecular formula is C17H28N2O3. The number of carbonyl (C=O) groups is 1. The van der Waals surface area contributed by atoms with Crippen molar-refractivity contribution in [2.24, 2.45) is 0 Å². The Labute approximate surface area is 133 Å². The van der Waals surface area contributed by atoms with Crippen molar-refractivity contribution >= 4 is 6.09 Å². The Morgan fingerprint density at radius 2 is 1.86 bits per heavy atom. The van der Waals surface area contributed by atoms with E-state index in [1.807, 2.05) is 39.0 Å². The number of carbonyl (C=O) groups excluding carboxylic acids is 1. The molecule has 0 aliphatic heterocycles. The molecule has 5 heteroatoms. The smallest absolute Gasteiger partial charge is 0.407 e. The lowest BCUT2D eigenvalue weighted by atomic mass is 10.1. The molecule has 0 radical (unpaired) electrons. The number of amides is 1. The maximum absolute atomic E-state index is 11.5.